The van der Waals surface area contributed by atoms with E-state index in [9.17, 15) is 9.59 Å². The third-order valence-corrected chi connectivity index (χ3v) is 4.18. The van der Waals surface area contributed by atoms with E-state index in [0.717, 1.165) is 5.56 Å². The number of rotatable bonds is 4. The lowest BCUT2D eigenvalue weighted by Crippen LogP contribution is -2.17. The Kier molecular flexibility index (Phi) is 4.46. The highest BCUT2D eigenvalue weighted by Gasteiger charge is 2.19. The number of hydrogen-bond donors (Lipinski definition) is 2. The molecule has 2 N–H and O–H groups in total. The zero-order chi connectivity index (χ0) is 18.1. The molecule has 0 bridgehead atoms. The number of aryl methyl sites for hydroxylation is 2. The first-order valence-corrected chi connectivity index (χ1v) is 8.10. The number of aromatic nitrogens is 2. The topological polar surface area (TPSA) is 83.7 Å². The van der Waals surface area contributed by atoms with Crippen LogP contribution in [0.15, 0.2) is 36.5 Å². The van der Waals surface area contributed by atoms with Gasteiger partial charge in [0.15, 0.2) is 0 Å². The number of pyridine rings is 1. The van der Waals surface area contributed by atoms with Crippen molar-refractivity contribution in [2.45, 2.75) is 20.3 Å². The average Bonchev–Trinajstić information content (AvgIpc) is 2.94. The number of carboxylic acid groups (broad SMARTS) is 1. The normalized spacial score (nSPS) is 10.8. The standard InChI is InChI=1S/C18H16ClN3O3/c1-3-13-16(22-7-6-12(19)9-15(22)20-13)17(23)21-14-8-11(18(24)25)5-4-10(14)2/h4-9H,3H2,1-2H3,(H,21,23)(H,24,25). The minimum absolute atomic E-state index is 0.113. The van der Waals surface area contributed by atoms with Crippen LogP contribution in [0.2, 0.25) is 5.02 Å². The van der Waals surface area contributed by atoms with Crippen LogP contribution in [0, 0.1) is 6.92 Å². The lowest BCUT2D eigenvalue weighted by molar-refractivity contribution is 0.0696. The van der Waals surface area contributed by atoms with Gasteiger partial charge >= 0.3 is 5.97 Å². The molecule has 0 saturated carbocycles. The Morgan fingerprint density at radius 3 is 2.72 bits per heavy atom. The fourth-order valence-electron chi connectivity index (χ4n) is 2.63. The van der Waals surface area contributed by atoms with Crippen molar-refractivity contribution in [3.05, 3.63) is 64.1 Å². The highest BCUT2D eigenvalue weighted by atomic mass is 35.5. The molecule has 2 aromatic heterocycles. The van der Waals surface area contributed by atoms with Crippen molar-refractivity contribution < 1.29 is 14.7 Å². The van der Waals surface area contributed by atoms with Gasteiger partial charge in [-0.1, -0.05) is 24.6 Å². The van der Waals surface area contributed by atoms with E-state index in [1.807, 2.05) is 6.92 Å². The summed E-state index contributed by atoms with van der Waals surface area (Å²) in [6.45, 7) is 3.71. The Morgan fingerprint density at radius 2 is 2.04 bits per heavy atom. The minimum Gasteiger partial charge on any atom is -0.478 e. The number of carbonyl (C=O) groups excluding carboxylic acids is 1. The van der Waals surface area contributed by atoms with E-state index in [1.165, 1.54) is 12.1 Å². The maximum Gasteiger partial charge on any atom is 0.335 e. The largest absolute Gasteiger partial charge is 0.478 e. The van der Waals surface area contributed by atoms with Gasteiger partial charge in [-0.2, -0.15) is 0 Å². The smallest absolute Gasteiger partial charge is 0.335 e. The number of carboxylic acids is 1. The predicted molar refractivity (Wildman–Crippen MR) is 95.7 cm³/mol. The molecule has 0 aliphatic heterocycles. The molecule has 0 unspecified atom stereocenters. The van der Waals surface area contributed by atoms with Crippen LogP contribution in [0.3, 0.4) is 0 Å². The SMILES string of the molecule is CCc1nc2cc(Cl)ccn2c1C(=O)Nc1cc(C(=O)O)ccc1C. The molecule has 6 nitrogen and oxygen atoms in total. The number of fused-ring (bicyclic) bond motifs is 1. The monoisotopic (exact) mass is 357 g/mol. The van der Waals surface area contributed by atoms with Crippen LogP contribution in [-0.2, 0) is 6.42 Å². The van der Waals surface area contributed by atoms with Crippen molar-refractivity contribution in [3.63, 3.8) is 0 Å². The molecule has 3 rings (SSSR count). The van der Waals surface area contributed by atoms with Crippen LogP contribution in [0.1, 0.15) is 39.0 Å². The maximum absolute atomic E-state index is 12.8. The van der Waals surface area contributed by atoms with E-state index < -0.39 is 5.97 Å². The number of nitrogens with one attached hydrogen (secondary N) is 1. The number of imidazole rings is 1. The van der Waals surface area contributed by atoms with E-state index >= 15 is 0 Å². The Balaban J connectivity index is 2.03. The number of amides is 1. The minimum atomic E-state index is -1.05. The van der Waals surface area contributed by atoms with Crippen LogP contribution in [0.4, 0.5) is 5.69 Å². The number of nitrogens with zero attached hydrogens (tertiary/aromatic N) is 2. The molecule has 0 fully saturated rings. The number of aromatic carboxylic acids is 1. The van der Waals surface area contributed by atoms with Crippen LogP contribution < -0.4 is 5.32 Å². The van der Waals surface area contributed by atoms with Gasteiger partial charge in [0.25, 0.3) is 5.91 Å². The molecule has 0 spiro atoms. The van der Waals surface area contributed by atoms with Crippen molar-refractivity contribution in [2.24, 2.45) is 0 Å². The van der Waals surface area contributed by atoms with Crippen LogP contribution in [0.25, 0.3) is 5.65 Å². The van der Waals surface area contributed by atoms with Gasteiger partial charge in [0, 0.05) is 23.0 Å². The summed E-state index contributed by atoms with van der Waals surface area (Å²) in [5.41, 5.74) is 2.98. The molecule has 0 aliphatic rings. The molecule has 2 heterocycles. The predicted octanol–water partition coefficient (Wildman–Crippen LogP) is 3.81. The van der Waals surface area contributed by atoms with Gasteiger partial charge in [-0.3, -0.25) is 9.20 Å². The van der Waals surface area contributed by atoms with Crippen LogP contribution >= 0.6 is 11.6 Å². The zero-order valence-corrected chi connectivity index (χ0v) is 14.5. The summed E-state index contributed by atoms with van der Waals surface area (Å²) in [6.07, 6.45) is 2.27. The van der Waals surface area contributed by atoms with E-state index in [1.54, 1.807) is 35.7 Å². The van der Waals surface area contributed by atoms with Crippen LogP contribution in [-0.4, -0.2) is 26.4 Å². The first-order valence-electron chi connectivity index (χ1n) is 7.72. The summed E-state index contributed by atoms with van der Waals surface area (Å²) in [7, 11) is 0. The Morgan fingerprint density at radius 1 is 1.28 bits per heavy atom. The van der Waals surface area contributed by atoms with Crippen molar-refractivity contribution in [2.75, 3.05) is 5.32 Å². The van der Waals surface area contributed by atoms with Crippen molar-refractivity contribution in [1.29, 1.82) is 0 Å². The fraction of sp³-hybridized carbons (Fsp3) is 0.167. The lowest BCUT2D eigenvalue weighted by Gasteiger charge is -2.10. The fourth-order valence-corrected chi connectivity index (χ4v) is 2.78. The van der Waals surface area contributed by atoms with Gasteiger partial charge in [-0.05, 0) is 37.1 Å². The van der Waals surface area contributed by atoms with Gasteiger partial charge in [0.1, 0.15) is 11.3 Å². The summed E-state index contributed by atoms with van der Waals surface area (Å²) in [4.78, 5) is 28.4. The molecule has 1 amide bonds. The van der Waals surface area contributed by atoms with Gasteiger partial charge < -0.3 is 10.4 Å². The molecule has 7 heteroatoms. The summed E-state index contributed by atoms with van der Waals surface area (Å²) >= 11 is 5.99. The number of anilines is 1. The molecule has 25 heavy (non-hydrogen) atoms. The van der Waals surface area contributed by atoms with Gasteiger partial charge in [0.05, 0.1) is 11.3 Å². The van der Waals surface area contributed by atoms with E-state index in [4.69, 9.17) is 16.7 Å². The molecule has 0 saturated heterocycles. The summed E-state index contributed by atoms with van der Waals surface area (Å²) in [5.74, 6) is -1.40. The second-order valence-electron chi connectivity index (χ2n) is 5.62. The molecule has 0 atom stereocenters. The van der Waals surface area contributed by atoms with Crippen LogP contribution in [0.5, 0.6) is 0 Å². The maximum atomic E-state index is 12.8. The van der Waals surface area contributed by atoms with Crippen molar-refractivity contribution >= 4 is 34.8 Å². The highest BCUT2D eigenvalue weighted by Crippen LogP contribution is 2.21. The molecule has 0 radical (unpaired) electrons. The summed E-state index contributed by atoms with van der Waals surface area (Å²) in [6, 6.07) is 7.98. The number of carbonyl (C=O) groups is 2. The zero-order valence-electron chi connectivity index (χ0n) is 13.7. The second-order valence-corrected chi connectivity index (χ2v) is 6.06. The van der Waals surface area contributed by atoms with Gasteiger partial charge in [-0.15, -0.1) is 0 Å². The first kappa shape index (κ1) is 17.0. The quantitative estimate of drug-likeness (QED) is 0.743. The highest BCUT2D eigenvalue weighted by molar-refractivity contribution is 6.30. The first-order chi connectivity index (χ1) is 11.9. The third-order valence-electron chi connectivity index (χ3n) is 3.94. The molecular weight excluding hydrogens is 342 g/mol. The number of hydrogen-bond acceptors (Lipinski definition) is 3. The van der Waals surface area contributed by atoms with Gasteiger partial charge in [0.2, 0.25) is 0 Å². The molecule has 128 valence electrons. The number of halogens is 1. The molecular formula is C18H16ClN3O3. The van der Waals surface area contributed by atoms with E-state index in [0.29, 0.717) is 34.2 Å². The molecule has 0 aliphatic carbocycles. The Hall–Kier alpha value is -2.86. The summed E-state index contributed by atoms with van der Waals surface area (Å²) < 4.78 is 1.68. The van der Waals surface area contributed by atoms with Crippen molar-refractivity contribution in [1.82, 2.24) is 9.38 Å². The average molecular weight is 358 g/mol. The van der Waals surface area contributed by atoms with E-state index in [2.05, 4.69) is 10.3 Å². The Labute approximate surface area is 149 Å². The van der Waals surface area contributed by atoms with E-state index in [-0.39, 0.29) is 11.5 Å². The second kappa shape index (κ2) is 6.57. The molecule has 1 aromatic carbocycles. The molecule has 3 aromatic rings. The van der Waals surface area contributed by atoms with Gasteiger partial charge in [-0.25, -0.2) is 9.78 Å². The van der Waals surface area contributed by atoms with Crippen molar-refractivity contribution in [3.8, 4) is 0 Å². The third kappa shape index (κ3) is 3.21. The number of benzene rings is 1. The lowest BCUT2D eigenvalue weighted by atomic mass is 10.1. The Bertz CT molecular complexity index is 995. The summed E-state index contributed by atoms with van der Waals surface area (Å²) in [5, 5.41) is 12.5.